The minimum Gasteiger partial charge on any atom is -0.481 e. The van der Waals surface area contributed by atoms with Crippen LogP contribution in [0.4, 0.5) is 0 Å². The second-order valence-electron chi connectivity index (χ2n) is 6.84. The summed E-state index contributed by atoms with van der Waals surface area (Å²) >= 11 is 0. The first-order chi connectivity index (χ1) is 11.2. The summed E-state index contributed by atoms with van der Waals surface area (Å²) < 4.78 is 5.49. The number of hydrogen-bond donors (Lipinski definition) is 2. The normalized spacial score (nSPS) is 14.2. The second kappa shape index (κ2) is 7.01. The number of nitrogens with two attached hydrogens (primary N) is 1. The molecule has 5 nitrogen and oxygen atoms in total. The van der Waals surface area contributed by atoms with Gasteiger partial charge in [-0.25, -0.2) is 0 Å². The van der Waals surface area contributed by atoms with Gasteiger partial charge in [-0.05, 0) is 37.1 Å². The Morgan fingerprint density at radius 1 is 1.12 bits per heavy atom. The molecule has 0 aromatic heterocycles. The molecule has 0 unspecified atom stereocenters. The van der Waals surface area contributed by atoms with E-state index in [1.807, 2.05) is 36.4 Å². The highest BCUT2D eigenvalue weighted by Gasteiger charge is 2.33. The number of benzene rings is 2. The zero-order valence-electron chi connectivity index (χ0n) is 14.2. The lowest BCUT2D eigenvalue weighted by molar-refractivity contribution is -0.157. The van der Waals surface area contributed by atoms with E-state index in [0.29, 0.717) is 5.56 Å². The van der Waals surface area contributed by atoms with Gasteiger partial charge in [-0.3, -0.25) is 9.59 Å². The predicted molar refractivity (Wildman–Crippen MR) is 92.8 cm³/mol. The first-order valence-corrected chi connectivity index (χ1v) is 7.87. The van der Waals surface area contributed by atoms with Gasteiger partial charge in [0.1, 0.15) is 5.60 Å². The number of ether oxygens (including phenoxy) is 1. The topological polar surface area (TPSA) is 89.6 Å². The van der Waals surface area contributed by atoms with Crippen LogP contribution in [0.2, 0.25) is 0 Å². The molecule has 0 aliphatic carbocycles. The van der Waals surface area contributed by atoms with Crippen LogP contribution in [-0.2, 0) is 14.3 Å². The molecule has 2 aromatic carbocycles. The van der Waals surface area contributed by atoms with E-state index in [4.69, 9.17) is 15.6 Å². The summed E-state index contributed by atoms with van der Waals surface area (Å²) in [6.07, 6.45) is -0.312. The fraction of sp³-hybridized carbons (Fsp3) is 0.368. The number of hydrogen-bond acceptors (Lipinski definition) is 4. The first kappa shape index (κ1) is 17.9. The minimum atomic E-state index is -1.05. The van der Waals surface area contributed by atoms with Crippen molar-refractivity contribution in [1.82, 2.24) is 0 Å². The molecule has 0 heterocycles. The lowest BCUT2D eigenvalue weighted by Crippen LogP contribution is -2.39. The second-order valence-corrected chi connectivity index (χ2v) is 6.84. The quantitative estimate of drug-likeness (QED) is 0.823. The molecule has 24 heavy (non-hydrogen) atoms. The van der Waals surface area contributed by atoms with Gasteiger partial charge in [-0.1, -0.05) is 42.5 Å². The molecule has 0 spiro atoms. The molecule has 0 saturated heterocycles. The van der Waals surface area contributed by atoms with Crippen molar-refractivity contribution in [2.45, 2.75) is 44.8 Å². The summed E-state index contributed by atoms with van der Waals surface area (Å²) in [6.45, 7) is 5.31. The molecular formula is C19H23NO4. The lowest BCUT2D eigenvalue weighted by Gasteiger charge is -2.27. The Morgan fingerprint density at radius 2 is 1.75 bits per heavy atom. The summed E-state index contributed by atoms with van der Waals surface area (Å²) in [5.41, 5.74) is 6.09. The molecule has 0 radical (unpaired) electrons. The van der Waals surface area contributed by atoms with Crippen molar-refractivity contribution in [3.8, 4) is 0 Å². The average molecular weight is 329 g/mol. The Kier molecular flexibility index (Phi) is 5.24. The zero-order chi connectivity index (χ0) is 17.9. The number of aliphatic carboxylic acids is 1. The molecule has 2 aromatic rings. The Bertz CT molecular complexity index is 743. The van der Waals surface area contributed by atoms with E-state index >= 15 is 0 Å². The van der Waals surface area contributed by atoms with Crippen LogP contribution < -0.4 is 5.73 Å². The third-order valence-corrected chi connectivity index (χ3v) is 3.66. The molecule has 0 fully saturated rings. The number of carboxylic acids is 1. The molecule has 2 rings (SSSR count). The maximum atomic E-state index is 12.7. The molecular weight excluding hydrogens is 306 g/mol. The van der Waals surface area contributed by atoms with Crippen molar-refractivity contribution in [3.63, 3.8) is 0 Å². The number of carbonyl (C=O) groups excluding carboxylic acids is 1. The maximum absolute atomic E-state index is 12.7. The number of esters is 1. The molecule has 0 aliphatic heterocycles. The van der Waals surface area contributed by atoms with Gasteiger partial charge in [0.15, 0.2) is 0 Å². The monoisotopic (exact) mass is 329 g/mol. The minimum absolute atomic E-state index is 0.312. The first-order valence-electron chi connectivity index (χ1n) is 7.87. The highest BCUT2D eigenvalue weighted by atomic mass is 16.6. The van der Waals surface area contributed by atoms with Crippen molar-refractivity contribution in [1.29, 1.82) is 0 Å². The van der Waals surface area contributed by atoms with E-state index < -0.39 is 29.5 Å². The van der Waals surface area contributed by atoms with Crippen molar-refractivity contribution in [2.24, 2.45) is 5.73 Å². The van der Waals surface area contributed by atoms with Crippen LogP contribution in [0.5, 0.6) is 0 Å². The third kappa shape index (κ3) is 4.32. The van der Waals surface area contributed by atoms with Crippen molar-refractivity contribution < 1.29 is 19.4 Å². The van der Waals surface area contributed by atoms with Gasteiger partial charge in [-0.2, -0.15) is 0 Å². The van der Waals surface area contributed by atoms with Crippen LogP contribution in [0.3, 0.4) is 0 Å². The zero-order valence-corrected chi connectivity index (χ0v) is 14.2. The fourth-order valence-electron chi connectivity index (χ4n) is 2.74. The van der Waals surface area contributed by atoms with Gasteiger partial charge in [0.2, 0.25) is 0 Å². The predicted octanol–water partition coefficient (Wildman–Crippen LogP) is 3.07. The summed E-state index contributed by atoms with van der Waals surface area (Å²) in [7, 11) is 0. The fourth-order valence-corrected chi connectivity index (χ4v) is 2.74. The SMILES string of the molecule is CC(C)(C)OC(=O)[C@@H](c1cccc2ccccc12)[C@@H](N)CC(=O)O. The summed E-state index contributed by atoms with van der Waals surface area (Å²) in [5.74, 6) is -2.39. The lowest BCUT2D eigenvalue weighted by atomic mass is 9.86. The largest absolute Gasteiger partial charge is 0.481 e. The van der Waals surface area contributed by atoms with Crippen LogP contribution >= 0.6 is 0 Å². The van der Waals surface area contributed by atoms with Gasteiger partial charge in [0.25, 0.3) is 0 Å². The highest BCUT2D eigenvalue weighted by molar-refractivity contribution is 5.92. The van der Waals surface area contributed by atoms with Crippen molar-refractivity contribution >= 4 is 22.7 Å². The molecule has 128 valence electrons. The Labute approximate surface area is 141 Å². The molecule has 2 atom stereocenters. The molecule has 0 saturated carbocycles. The van der Waals surface area contributed by atoms with Crippen LogP contribution in [0.25, 0.3) is 10.8 Å². The van der Waals surface area contributed by atoms with Gasteiger partial charge in [-0.15, -0.1) is 0 Å². The van der Waals surface area contributed by atoms with Crippen LogP contribution in [0, 0.1) is 0 Å². The standard InChI is InChI=1S/C19H23NO4/c1-19(2,3)24-18(23)17(15(20)11-16(21)22)14-10-6-8-12-7-4-5-9-13(12)14/h4-10,15,17H,11,20H2,1-3H3,(H,21,22)/t15-,17-/m0/s1. The summed E-state index contributed by atoms with van der Waals surface area (Å²) in [5, 5.41) is 10.9. The van der Waals surface area contributed by atoms with Gasteiger partial charge in [0.05, 0.1) is 12.3 Å². The summed E-state index contributed by atoms with van der Waals surface area (Å²) in [4.78, 5) is 23.8. The Hall–Kier alpha value is -2.40. The third-order valence-electron chi connectivity index (χ3n) is 3.66. The Balaban J connectivity index is 2.51. The van der Waals surface area contributed by atoms with E-state index in [1.54, 1.807) is 26.8 Å². The molecule has 3 N–H and O–H groups in total. The van der Waals surface area contributed by atoms with Gasteiger partial charge >= 0.3 is 11.9 Å². The molecule has 0 aliphatic rings. The number of carboxylic acid groups (broad SMARTS) is 1. The smallest absolute Gasteiger partial charge is 0.315 e. The van der Waals surface area contributed by atoms with E-state index in [1.165, 1.54) is 0 Å². The van der Waals surface area contributed by atoms with Crippen molar-refractivity contribution in [3.05, 3.63) is 48.0 Å². The van der Waals surface area contributed by atoms with E-state index in [2.05, 4.69) is 0 Å². The number of rotatable bonds is 5. The van der Waals surface area contributed by atoms with E-state index in [9.17, 15) is 9.59 Å². The Morgan fingerprint density at radius 3 is 2.38 bits per heavy atom. The molecule has 5 heteroatoms. The summed E-state index contributed by atoms with van der Waals surface area (Å²) in [6, 6.07) is 12.3. The number of fused-ring (bicyclic) bond motifs is 1. The average Bonchev–Trinajstić information content (AvgIpc) is 2.45. The van der Waals surface area contributed by atoms with Gasteiger partial charge < -0.3 is 15.6 Å². The van der Waals surface area contributed by atoms with E-state index in [0.717, 1.165) is 10.8 Å². The van der Waals surface area contributed by atoms with Crippen LogP contribution in [0.15, 0.2) is 42.5 Å². The van der Waals surface area contributed by atoms with E-state index in [-0.39, 0.29) is 6.42 Å². The molecule has 0 bridgehead atoms. The van der Waals surface area contributed by atoms with Crippen molar-refractivity contribution in [2.75, 3.05) is 0 Å². The van der Waals surface area contributed by atoms with Crippen LogP contribution in [-0.4, -0.2) is 28.7 Å². The van der Waals surface area contributed by atoms with Crippen LogP contribution in [0.1, 0.15) is 38.7 Å². The number of carbonyl (C=O) groups is 2. The van der Waals surface area contributed by atoms with Gasteiger partial charge in [0, 0.05) is 6.04 Å². The highest BCUT2D eigenvalue weighted by Crippen LogP contribution is 2.30. The molecule has 0 amide bonds. The maximum Gasteiger partial charge on any atom is 0.315 e.